The third kappa shape index (κ3) is 3.45. The third-order valence-corrected chi connectivity index (χ3v) is 4.77. The first-order chi connectivity index (χ1) is 10.5. The Balaban J connectivity index is 1.81. The van der Waals surface area contributed by atoms with Gasteiger partial charge in [0.25, 0.3) is 0 Å². The Hall–Kier alpha value is -1.50. The summed E-state index contributed by atoms with van der Waals surface area (Å²) in [6.07, 6.45) is 7.98. The van der Waals surface area contributed by atoms with Crippen LogP contribution >= 0.6 is 11.8 Å². The SMILES string of the molecule is CC(C)(C)c1nccc(Sc2nnnn2C2CCCCC2)n1. The van der Waals surface area contributed by atoms with E-state index in [4.69, 9.17) is 0 Å². The number of tetrazole rings is 1. The molecule has 0 aliphatic heterocycles. The van der Waals surface area contributed by atoms with Crippen molar-refractivity contribution in [3.05, 3.63) is 18.1 Å². The van der Waals surface area contributed by atoms with Crippen LogP contribution < -0.4 is 0 Å². The van der Waals surface area contributed by atoms with Gasteiger partial charge >= 0.3 is 0 Å². The molecule has 3 rings (SSSR count). The fourth-order valence-electron chi connectivity index (χ4n) is 2.66. The Morgan fingerprint density at radius 3 is 2.68 bits per heavy atom. The van der Waals surface area contributed by atoms with E-state index in [1.165, 1.54) is 31.0 Å². The van der Waals surface area contributed by atoms with E-state index in [9.17, 15) is 0 Å². The van der Waals surface area contributed by atoms with Crippen molar-refractivity contribution in [2.75, 3.05) is 0 Å². The van der Waals surface area contributed by atoms with E-state index in [1.807, 2.05) is 16.9 Å². The molecule has 0 unspecified atom stereocenters. The highest BCUT2D eigenvalue weighted by molar-refractivity contribution is 7.99. The third-order valence-electron chi connectivity index (χ3n) is 3.88. The standard InChI is InChI=1S/C15H22N6S/c1-15(2,3)13-16-10-9-12(17-13)22-14-18-19-20-21(14)11-7-5-4-6-8-11/h9-11H,4-8H2,1-3H3. The molecule has 0 radical (unpaired) electrons. The zero-order chi connectivity index (χ0) is 15.6. The summed E-state index contributed by atoms with van der Waals surface area (Å²) in [5.41, 5.74) is -0.0636. The topological polar surface area (TPSA) is 69.4 Å². The van der Waals surface area contributed by atoms with Gasteiger partial charge in [-0.1, -0.05) is 40.0 Å². The maximum Gasteiger partial charge on any atom is 0.215 e. The first kappa shape index (κ1) is 15.4. The van der Waals surface area contributed by atoms with E-state index < -0.39 is 0 Å². The molecule has 2 aromatic rings. The quantitative estimate of drug-likeness (QED) is 0.808. The van der Waals surface area contributed by atoms with E-state index in [0.717, 1.165) is 28.8 Å². The summed E-state index contributed by atoms with van der Waals surface area (Å²) in [6, 6.07) is 2.34. The second-order valence-electron chi connectivity index (χ2n) is 6.77. The molecule has 2 aromatic heterocycles. The summed E-state index contributed by atoms with van der Waals surface area (Å²) in [5.74, 6) is 0.842. The molecule has 1 saturated carbocycles. The molecule has 0 amide bonds. The highest BCUT2D eigenvalue weighted by Gasteiger charge is 2.22. The van der Waals surface area contributed by atoms with Crippen LogP contribution in [0.4, 0.5) is 0 Å². The maximum absolute atomic E-state index is 4.65. The molecule has 0 aromatic carbocycles. The first-order valence-electron chi connectivity index (χ1n) is 7.83. The average molecular weight is 318 g/mol. The molecule has 0 bridgehead atoms. The van der Waals surface area contributed by atoms with Gasteiger partial charge in [-0.2, -0.15) is 0 Å². The van der Waals surface area contributed by atoms with Crippen LogP contribution in [-0.2, 0) is 5.41 Å². The number of nitrogens with zero attached hydrogens (tertiary/aromatic N) is 6. The van der Waals surface area contributed by atoms with Gasteiger partial charge in [-0.3, -0.25) is 0 Å². The molecule has 0 spiro atoms. The van der Waals surface area contributed by atoms with Crippen LogP contribution in [0.3, 0.4) is 0 Å². The van der Waals surface area contributed by atoms with Crippen molar-refractivity contribution >= 4 is 11.8 Å². The molecule has 2 heterocycles. The van der Waals surface area contributed by atoms with E-state index in [2.05, 4.69) is 46.3 Å². The molecule has 7 heteroatoms. The normalized spacial score (nSPS) is 16.9. The molecule has 118 valence electrons. The highest BCUT2D eigenvalue weighted by Crippen LogP contribution is 2.32. The first-order valence-corrected chi connectivity index (χ1v) is 8.65. The minimum absolute atomic E-state index is 0.0636. The summed E-state index contributed by atoms with van der Waals surface area (Å²) in [6.45, 7) is 6.34. The molecule has 0 atom stereocenters. The fraction of sp³-hybridized carbons (Fsp3) is 0.667. The number of hydrogen-bond acceptors (Lipinski definition) is 6. The molecule has 0 saturated heterocycles. The van der Waals surface area contributed by atoms with Crippen LogP contribution in [0.5, 0.6) is 0 Å². The maximum atomic E-state index is 4.65. The van der Waals surface area contributed by atoms with Gasteiger partial charge in [0.1, 0.15) is 10.9 Å². The molecule has 1 fully saturated rings. The van der Waals surface area contributed by atoms with Crippen LogP contribution in [0.25, 0.3) is 0 Å². The minimum atomic E-state index is -0.0636. The summed E-state index contributed by atoms with van der Waals surface area (Å²) in [4.78, 5) is 9.02. The average Bonchev–Trinajstić information content (AvgIpc) is 2.96. The van der Waals surface area contributed by atoms with Gasteiger partial charge in [0.2, 0.25) is 5.16 Å². The largest absolute Gasteiger partial charge is 0.241 e. The molecule has 1 aliphatic rings. The van der Waals surface area contributed by atoms with Crippen molar-refractivity contribution in [1.82, 2.24) is 30.2 Å². The summed E-state index contributed by atoms with van der Waals surface area (Å²) < 4.78 is 1.97. The van der Waals surface area contributed by atoms with Crippen molar-refractivity contribution in [2.45, 2.75) is 74.5 Å². The number of hydrogen-bond donors (Lipinski definition) is 0. The molecule has 0 N–H and O–H groups in total. The Bertz CT molecular complexity index is 627. The monoisotopic (exact) mass is 318 g/mol. The second kappa shape index (κ2) is 6.32. The molecular formula is C15H22N6S. The van der Waals surface area contributed by atoms with Gasteiger partial charge in [-0.05, 0) is 41.1 Å². The summed E-state index contributed by atoms with van der Waals surface area (Å²) in [5, 5.41) is 14.0. The van der Waals surface area contributed by atoms with Crippen LogP contribution in [0.2, 0.25) is 0 Å². The van der Waals surface area contributed by atoms with Crippen LogP contribution in [0.1, 0.15) is 64.7 Å². The zero-order valence-electron chi connectivity index (χ0n) is 13.4. The Morgan fingerprint density at radius 1 is 1.18 bits per heavy atom. The predicted octanol–water partition coefficient (Wildman–Crippen LogP) is 3.42. The van der Waals surface area contributed by atoms with Crippen LogP contribution in [-0.4, -0.2) is 30.2 Å². The minimum Gasteiger partial charge on any atom is -0.241 e. The van der Waals surface area contributed by atoms with Gasteiger partial charge in [-0.15, -0.1) is 5.10 Å². The van der Waals surface area contributed by atoms with E-state index >= 15 is 0 Å². The Morgan fingerprint density at radius 2 is 1.95 bits per heavy atom. The predicted molar refractivity (Wildman–Crippen MR) is 84.8 cm³/mol. The van der Waals surface area contributed by atoms with Crippen molar-refractivity contribution in [1.29, 1.82) is 0 Å². The highest BCUT2D eigenvalue weighted by atomic mass is 32.2. The van der Waals surface area contributed by atoms with Gasteiger partial charge in [-0.25, -0.2) is 14.6 Å². The van der Waals surface area contributed by atoms with Crippen molar-refractivity contribution in [3.8, 4) is 0 Å². The number of rotatable bonds is 3. The lowest BCUT2D eigenvalue weighted by molar-refractivity contribution is 0.307. The molecule has 6 nitrogen and oxygen atoms in total. The zero-order valence-corrected chi connectivity index (χ0v) is 14.2. The van der Waals surface area contributed by atoms with Crippen molar-refractivity contribution < 1.29 is 0 Å². The lowest BCUT2D eigenvalue weighted by Gasteiger charge is -2.22. The van der Waals surface area contributed by atoms with Gasteiger partial charge < -0.3 is 0 Å². The van der Waals surface area contributed by atoms with Crippen molar-refractivity contribution in [2.24, 2.45) is 0 Å². The molecular weight excluding hydrogens is 296 g/mol. The smallest absolute Gasteiger partial charge is 0.215 e. The summed E-state index contributed by atoms with van der Waals surface area (Å²) >= 11 is 1.52. The lowest BCUT2D eigenvalue weighted by atomic mass is 9.96. The molecule has 22 heavy (non-hydrogen) atoms. The van der Waals surface area contributed by atoms with E-state index in [0.29, 0.717) is 6.04 Å². The Kier molecular flexibility index (Phi) is 4.42. The second-order valence-corrected chi connectivity index (χ2v) is 7.76. The van der Waals surface area contributed by atoms with E-state index in [1.54, 1.807) is 0 Å². The summed E-state index contributed by atoms with van der Waals surface area (Å²) in [7, 11) is 0. The van der Waals surface area contributed by atoms with Crippen molar-refractivity contribution in [3.63, 3.8) is 0 Å². The Labute approximate surface area is 135 Å². The van der Waals surface area contributed by atoms with Crippen LogP contribution in [0.15, 0.2) is 22.4 Å². The molecule has 1 aliphatic carbocycles. The van der Waals surface area contributed by atoms with Crippen LogP contribution in [0, 0.1) is 0 Å². The van der Waals surface area contributed by atoms with E-state index in [-0.39, 0.29) is 5.41 Å². The number of aromatic nitrogens is 6. The lowest BCUT2D eigenvalue weighted by Crippen LogP contribution is -2.16. The fourth-order valence-corrected chi connectivity index (χ4v) is 3.47. The van der Waals surface area contributed by atoms with Gasteiger partial charge in [0.15, 0.2) is 0 Å². The van der Waals surface area contributed by atoms with Gasteiger partial charge in [0.05, 0.1) is 6.04 Å². The van der Waals surface area contributed by atoms with Gasteiger partial charge in [0, 0.05) is 11.6 Å².